The van der Waals surface area contributed by atoms with Gasteiger partial charge in [-0.05, 0) is 110 Å². The van der Waals surface area contributed by atoms with Crippen molar-refractivity contribution in [2.24, 2.45) is 4.99 Å². The first-order chi connectivity index (χ1) is 26.2. The average molecular weight is 681 g/mol. The van der Waals surface area contributed by atoms with Crippen molar-refractivity contribution >= 4 is 61.8 Å². The van der Waals surface area contributed by atoms with E-state index in [9.17, 15) is 0 Å². The summed E-state index contributed by atoms with van der Waals surface area (Å²) in [6, 6.07) is 68.7. The second kappa shape index (κ2) is 14.0. The Morgan fingerprint density at radius 1 is 0.453 bits per heavy atom. The number of ether oxygens (including phenoxy) is 1. The molecule has 3 nitrogen and oxygen atoms in total. The predicted octanol–water partition coefficient (Wildman–Crippen LogP) is 13.9. The van der Waals surface area contributed by atoms with E-state index in [1.807, 2.05) is 24.3 Å². The van der Waals surface area contributed by atoms with E-state index in [1.54, 1.807) is 0 Å². The van der Waals surface area contributed by atoms with Crippen molar-refractivity contribution < 1.29 is 4.74 Å². The first kappa shape index (κ1) is 32.0. The molecule has 0 bridgehead atoms. The number of fused-ring (bicyclic) bond motifs is 3. The quantitative estimate of drug-likeness (QED) is 0.142. The Bertz CT molecular complexity index is 2730. The van der Waals surface area contributed by atoms with Gasteiger partial charge in [-0.2, -0.15) is 0 Å². The summed E-state index contributed by atoms with van der Waals surface area (Å²) in [5.41, 5.74) is 9.76. The molecular weight excluding hydrogens is 645 g/mol. The lowest BCUT2D eigenvalue weighted by Crippen LogP contribution is -2.09. The molecule has 9 aromatic rings. The molecule has 0 saturated heterocycles. The third-order valence-corrected chi connectivity index (χ3v) is 10.0. The van der Waals surface area contributed by atoms with Crippen LogP contribution >= 0.6 is 0 Å². The monoisotopic (exact) mass is 680 g/mol. The highest BCUT2D eigenvalue weighted by Gasteiger charge is 2.16. The van der Waals surface area contributed by atoms with Crippen LogP contribution in [0.15, 0.2) is 199 Å². The lowest BCUT2D eigenvalue weighted by molar-refractivity contribution is 0.308. The fraction of sp³-hybridized carbons (Fsp3) is 0.0200. The average Bonchev–Trinajstić information content (AvgIpc) is 3.23. The highest BCUT2D eigenvalue weighted by molar-refractivity contribution is 6.07. The standard InChI is InChI=1S/C50H36N2O/c1-51-50-48(53-34-35-12-4-2-5-13-35)31-27-39-16-11-21-47(49(39)50)40-23-22-36-24-30-44(33-41(36)32-40)52(42-17-6-3-7-18-42)43-28-25-38(26-29-43)46-20-10-15-37-14-8-9-19-45(37)46/h2-33H,1,34H2. The van der Waals surface area contributed by atoms with Gasteiger partial charge in [-0.1, -0.05) is 146 Å². The maximum atomic E-state index is 6.32. The Hall–Kier alpha value is -6.97. The molecule has 0 atom stereocenters. The molecule has 9 rings (SSSR count). The van der Waals surface area contributed by atoms with Gasteiger partial charge < -0.3 is 9.64 Å². The van der Waals surface area contributed by atoms with Gasteiger partial charge in [0.2, 0.25) is 0 Å². The van der Waals surface area contributed by atoms with E-state index in [0.29, 0.717) is 6.61 Å². The Labute approximate surface area is 309 Å². The second-order valence-corrected chi connectivity index (χ2v) is 13.2. The van der Waals surface area contributed by atoms with Crippen LogP contribution in [-0.2, 0) is 6.61 Å². The molecule has 0 aliphatic rings. The van der Waals surface area contributed by atoms with Crippen LogP contribution in [0, 0.1) is 0 Å². The smallest absolute Gasteiger partial charge is 0.146 e. The number of nitrogens with zero attached hydrogens (tertiary/aromatic N) is 2. The summed E-state index contributed by atoms with van der Waals surface area (Å²) >= 11 is 0. The Morgan fingerprint density at radius 3 is 1.89 bits per heavy atom. The molecule has 0 aliphatic carbocycles. The van der Waals surface area contributed by atoms with Crippen LogP contribution in [0.4, 0.5) is 22.7 Å². The van der Waals surface area contributed by atoms with Crippen LogP contribution in [0.1, 0.15) is 5.56 Å². The van der Waals surface area contributed by atoms with Crippen LogP contribution in [0.5, 0.6) is 5.75 Å². The van der Waals surface area contributed by atoms with Crippen molar-refractivity contribution in [1.29, 1.82) is 0 Å². The molecule has 0 aromatic heterocycles. The zero-order valence-corrected chi connectivity index (χ0v) is 29.2. The molecule has 3 heteroatoms. The minimum Gasteiger partial charge on any atom is -0.487 e. The number of benzene rings is 9. The number of rotatable bonds is 9. The lowest BCUT2D eigenvalue weighted by Gasteiger charge is -2.26. The molecule has 0 heterocycles. The van der Waals surface area contributed by atoms with E-state index in [2.05, 4.69) is 186 Å². The molecule has 0 N–H and O–H groups in total. The zero-order valence-electron chi connectivity index (χ0n) is 29.2. The van der Waals surface area contributed by atoms with Gasteiger partial charge >= 0.3 is 0 Å². The van der Waals surface area contributed by atoms with Crippen molar-refractivity contribution in [3.05, 3.63) is 200 Å². The van der Waals surface area contributed by atoms with E-state index in [4.69, 9.17) is 4.74 Å². The molecule has 0 spiro atoms. The predicted molar refractivity (Wildman–Crippen MR) is 224 cm³/mol. The summed E-state index contributed by atoms with van der Waals surface area (Å²) < 4.78 is 6.32. The van der Waals surface area contributed by atoms with E-state index in [-0.39, 0.29) is 0 Å². The van der Waals surface area contributed by atoms with Gasteiger partial charge in [0.05, 0.1) is 0 Å². The summed E-state index contributed by atoms with van der Waals surface area (Å²) in [6.45, 7) is 4.43. The van der Waals surface area contributed by atoms with Crippen LogP contribution in [0.3, 0.4) is 0 Å². The highest BCUT2D eigenvalue weighted by atomic mass is 16.5. The maximum absolute atomic E-state index is 6.32. The van der Waals surface area contributed by atoms with Crippen LogP contribution < -0.4 is 9.64 Å². The van der Waals surface area contributed by atoms with E-state index < -0.39 is 0 Å². The maximum Gasteiger partial charge on any atom is 0.146 e. The molecule has 0 aliphatic heterocycles. The molecule has 9 aromatic carbocycles. The van der Waals surface area contributed by atoms with Gasteiger partial charge in [0.15, 0.2) is 0 Å². The van der Waals surface area contributed by atoms with Crippen molar-refractivity contribution in [1.82, 2.24) is 0 Å². The molecule has 252 valence electrons. The summed E-state index contributed by atoms with van der Waals surface area (Å²) in [7, 11) is 0. The summed E-state index contributed by atoms with van der Waals surface area (Å²) in [4.78, 5) is 6.85. The molecule has 0 fully saturated rings. The van der Waals surface area contributed by atoms with Crippen LogP contribution in [-0.4, -0.2) is 6.72 Å². The summed E-state index contributed by atoms with van der Waals surface area (Å²) in [6.07, 6.45) is 0. The van der Waals surface area contributed by atoms with Crippen molar-refractivity contribution in [3.8, 4) is 28.0 Å². The molecule has 0 amide bonds. The third kappa shape index (κ3) is 6.19. The van der Waals surface area contributed by atoms with Gasteiger partial charge in [0.1, 0.15) is 18.0 Å². The number of hydrogen-bond donors (Lipinski definition) is 0. The normalized spacial score (nSPS) is 11.2. The topological polar surface area (TPSA) is 24.8 Å². The fourth-order valence-corrected chi connectivity index (χ4v) is 7.42. The van der Waals surface area contributed by atoms with E-state index in [1.165, 1.54) is 27.3 Å². The Kier molecular flexibility index (Phi) is 8.43. The van der Waals surface area contributed by atoms with Crippen LogP contribution in [0.25, 0.3) is 54.6 Å². The molecular formula is C50H36N2O. The van der Waals surface area contributed by atoms with Gasteiger partial charge in [-0.15, -0.1) is 0 Å². The fourth-order valence-electron chi connectivity index (χ4n) is 7.42. The summed E-state index contributed by atoms with van der Waals surface area (Å²) in [5.74, 6) is 0.719. The SMILES string of the molecule is C=Nc1c(OCc2ccccc2)ccc2cccc(-c3ccc4ccc(N(c5ccccc5)c5ccc(-c6cccc7ccccc67)cc5)cc4c3)c12. The first-order valence-corrected chi connectivity index (χ1v) is 17.9. The van der Waals surface area contributed by atoms with Gasteiger partial charge in [0, 0.05) is 22.4 Å². The summed E-state index contributed by atoms with van der Waals surface area (Å²) in [5, 5.41) is 6.94. The number of para-hydroxylation sites is 1. The Balaban J connectivity index is 1.11. The molecule has 0 unspecified atom stereocenters. The number of anilines is 3. The van der Waals surface area contributed by atoms with Gasteiger partial charge in [-0.3, -0.25) is 4.99 Å². The third-order valence-electron chi connectivity index (χ3n) is 10.0. The highest BCUT2D eigenvalue weighted by Crippen LogP contribution is 2.43. The molecule has 53 heavy (non-hydrogen) atoms. The number of aliphatic imine (C=N–C) groups is 1. The van der Waals surface area contributed by atoms with Crippen molar-refractivity contribution in [3.63, 3.8) is 0 Å². The van der Waals surface area contributed by atoms with Crippen molar-refractivity contribution in [2.45, 2.75) is 6.61 Å². The van der Waals surface area contributed by atoms with Gasteiger partial charge in [0.25, 0.3) is 0 Å². The van der Waals surface area contributed by atoms with E-state index >= 15 is 0 Å². The van der Waals surface area contributed by atoms with Crippen LogP contribution in [0.2, 0.25) is 0 Å². The zero-order chi connectivity index (χ0) is 35.6. The first-order valence-electron chi connectivity index (χ1n) is 17.9. The lowest BCUT2D eigenvalue weighted by atomic mass is 9.94. The minimum atomic E-state index is 0.458. The molecule has 0 saturated carbocycles. The Morgan fingerprint density at radius 2 is 1.08 bits per heavy atom. The second-order valence-electron chi connectivity index (χ2n) is 13.2. The van der Waals surface area contributed by atoms with Gasteiger partial charge in [-0.25, -0.2) is 0 Å². The minimum absolute atomic E-state index is 0.458. The molecule has 0 radical (unpaired) electrons. The largest absolute Gasteiger partial charge is 0.487 e. The van der Waals surface area contributed by atoms with Crippen molar-refractivity contribution in [2.75, 3.05) is 4.90 Å². The van der Waals surface area contributed by atoms with E-state index in [0.717, 1.165) is 61.3 Å². The number of hydrogen-bond acceptors (Lipinski definition) is 3.